The van der Waals surface area contributed by atoms with E-state index in [1.54, 1.807) is 0 Å². The molecular formula is C25H18Cl2N2O9. The summed E-state index contributed by atoms with van der Waals surface area (Å²) in [5.74, 6) is -5.27. The molecule has 0 fully saturated rings. The average molecular weight is 561 g/mol. The molecule has 3 aromatic carbocycles. The normalized spacial score (nSPS) is 12.1. The van der Waals surface area contributed by atoms with Gasteiger partial charge in [-0.1, -0.05) is 29.3 Å². The summed E-state index contributed by atoms with van der Waals surface area (Å²) in [6.07, 6.45) is -4.50. The van der Waals surface area contributed by atoms with Crippen LogP contribution in [-0.4, -0.2) is 46.1 Å². The van der Waals surface area contributed by atoms with E-state index in [1.807, 2.05) is 0 Å². The van der Waals surface area contributed by atoms with Crippen LogP contribution in [0, 0.1) is 17.0 Å². The number of amides is 1. The van der Waals surface area contributed by atoms with Gasteiger partial charge in [0.2, 0.25) is 12.2 Å². The van der Waals surface area contributed by atoms with E-state index >= 15 is 0 Å². The van der Waals surface area contributed by atoms with E-state index in [9.17, 15) is 34.4 Å². The lowest BCUT2D eigenvalue weighted by Gasteiger charge is -2.24. The molecule has 2 atom stereocenters. The molecule has 38 heavy (non-hydrogen) atoms. The third-order valence-corrected chi connectivity index (χ3v) is 5.60. The van der Waals surface area contributed by atoms with Crippen LogP contribution in [0.5, 0.6) is 0 Å². The van der Waals surface area contributed by atoms with Crippen LogP contribution in [-0.2, 0) is 19.1 Å². The van der Waals surface area contributed by atoms with E-state index in [-0.39, 0.29) is 22.5 Å². The van der Waals surface area contributed by atoms with E-state index < -0.39 is 40.9 Å². The molecular weight excluding hydrogens is 543 g/mol. The smallest absolute Gasteiger partial charge is 0.349 e. The standard InChI is InChI=1S/C25H18Cl2N2O9/c1-13-2-11-18(29(35)36)12-19(13)28-22(30)20(37-24(33)14-3-7-16(26)8-4-14)21(23(31)32)38-25(34)15-5-9-17(27)10-6-15/h2-12,20-21H,1H3,(H,28,30)(H,31,32)/t20-,21+/m1/s1. The van der Waals surface area contributed by atoms with Gasteiger partial charge in [-0.05, 0) is 61.0 Å². The number of esters is 2. The predicted molar refractivity (Wildman–Crippen MR) is 135 cm³/mol. The highest BCUT2D eigenvalue weighted by Gasteiger charge is 2.41. The molecule has 0 bridgehead atoms. The van der Waals surface area contributed by atoms with Crippen LogP contribution in [0.15, 0.2) is 66.7 Å². The lowest BCUT2D eigenvalue weighted by molar-refractivity contribution is -0.384. The summed E-state index contributed by atoms with van der Waals surface area (Å²) < 4.78 is 10.3. The first kappa shape index (κ1) is 28.1. The lowest BCUT2D eigenvalue weighted by atomic mass is 10.1. The Morgan fingerprint density at radius 2 is 1.32 bits per heavy atom. The monoisotopic (exact) mass is 560 g/mol. The number of anilines is 1. The minimum absolute atomic E-state index is 0.0510. The zero-order valence-electron chi connectivity index (χ0n) is 19.4. The van der Waals surface area contributed by atoms with Gasteiger partial charge in [0.1, 0.15) is 0 Å². The number of nitrogens with zero attached hydrogens (tertiary/aromatic N) is 1. The number of hydrogen-bond acceptors (Lipinski definition) is 8. The number of benzene rings is 3. The number of carboxylic acids is 1. The number of halogens is 2. The number of carbonyl (C=O) groups excluding carboxylic acids is 3. The van der Waals surface area contributed by atoms with Crippen molar-refractivity contribution in [1.29, 1.82) is 0 Å². The largest absolute Gasteiger partial charge is 0.478 e. The van der Waals surface area contributed by atoms with Crippen molar-refractivity contribution in [3.63, 3.8) is 0 Å². The molecule has 11 nitrogen and oxygen atoms in total. The highest BCUT2D eigenvalue weighted by Crippen LogP contribution is 2.23. The van der Waals surface area contributed by atoms with Gasteiger partial charge in [-0.15, -0.1) is 0 Å². The van der Waals surface area contributed by atoms with Crippen LogP contribution >= 0.6 is 23.2 Å². The molecule has 0 unspecified atom stereocenters. The Hall–Kier alpha value is -4.48. The molecule has 0 aromatic heterocycles. The van der Waals surface area contributed by atoms with Gasteiger partial charge in [0, 0.05) is 22.2 Å². The number of nitro groups is 1. The van der Waals surface area contributed by atoms with Crippen LogP contribution in [0.3, 0.4) is 0 Å². The summed E-state index contributed by atoms with van der Waals surface area (Å²) in [7, 11) is 0. The van der Waals surface area contributed by atoms with Crippen molar-refractivity contribution >= 4 is 58.4 Å². The van der Waals surface area contributed by atoms with E-state index in [4.69, 9.17) is 32.7 Å². The third-order valence-electron chi connectivity index (χ3n) is 5.09. The van der Waals surface area contributed by atoms with Crippen molar-refractivity contribution in [2.75, 3.05) is 5.32 Å². The van der Waals surface area contributed by atoms with Gasteiger partial charge in [-0.3, -0.25) is 14.9 Å². The van der Waals surface area contributed by atoms with Gasteiger partial charge in [0.05, 0.1) is 21.7 Å². The molecule has 2 N–H and O–H groups in total. The summed E-state index contributed by atoms with van der Waals surface area (Å²) in [6, 6.07) is 14.2. The van der Waals surface area contributed by atoms with Crippen LogP contribution < -0.4 is 5.32 Å². The maximum absolute atomic E-state index is 13.2. The molecule has 3 aromatic rings. The van der Waals surface area contributed by atoms with E-state index in [1.165, 1.54) is 67.6 Å². The number of rotatable bonds is 9. The van der Waals surface area contributed by atoms with Gasteiger partial charge in [-0.25, -0.2) is 14.4 Å². The molecule has 0 aliphatic carbocycles. The van der Waals surface area contributed by atoms with E-state index in [2.05, 4.69) is 5.32 Å². The molecule has 196 valence electrons. The van der Waals surface area contributed by atoms with E-state index in [0.717, 1.165) is 6.07 Å². The van der Waals surface area contributed by atoms with Crippen molar-refractivity contribution < 1.29 is 38.7 Å². The summed E-state index contributed by atoms with van der Waals surface area (Å²) in [4.78, 5) is 61.2. The van der Waals surface area contributed by atoms with Crippen LogP contribution in [0.1, 0.15) is 26.3 Å². The Bertz CT molecular complexity index is 1390. The fraction of sp³-hybridized carbons (Fsp3) is 0.120. The van der Waals surface area contributed by atoms with Crippen molar-refractivity contribution in [2.45, 2.75) is 19.1 Å². The number of carbonyl (C=O) groups is 4. The highest BCUT2D eigenvalue weighted by molar-refractivity contribution is 6.31. The molecule has 13 heteroatoms. The van der Waals surface area contributed by atoms with Crippen LogP contribution in [0.25, 0.3) is 0 Å². The Balaban J connectivity index is 1.96. The molecule has 0 aliphatic heterocycles. The zero-order valence-corrected chi connectivity index (χ0v) is 20.9. The number of nitro benzene ring substituents is 1. The number of carboxylic acid groups (broad SMARTS) is 1. The number of hydrogen-bond donors (Lipinski definition) is 2. The number of non-ortho nitro benzene ring substituents is 1. The van der Waals surface area contributed by atoms with Gasteiger partial charge in [0.15, 0.2) is 0 Å². The number of aryl methyl sites for hydroxylation is 1. The molecule has 1 amide bonds. The second-order valence-electron chi connectivity index (χ2n) is 7.75. The second kappa shape index (κ2) is 12.2. The lowest BCUT2D eigenvalue weighted by Crippen LogP contribution is -2.48. The summed E-state index contributed by atoms with van der Waals surface area (Å²) in [5, 5.41) is 23.9. The third kappa shape index (κ3) is 7.05. The Morgan fingerprint density at radius 1 is 0.842 bits per heavy atom. The quantitative estimate of drug-likeness (QED) is 0.215. The first-order valence-electron chi connectivity index (χ1n) is 10.7. The minimum Gasteiger partial charge on any atom is -0.478 e. The van der Waals surface area contributed by atoms with Gasteiger partial charge in [-0.2, -0.15) is 0 Å². The molecule has 0 aliphatic rings. The second-order valence-corrected chi connectivity index (χ2v) is 8.62. The number of nitrogens with one attached hydrogen (secondary N) is 1. The van der Waals surface area contributed by atoms with Gasteiger partial charge < -0.3 is 19.9 Å². The summed E-state index contributed by atoms with van der Waals surface area (Å²) in [5.41, 5.74) is -0.184. The van der Waals surface area contributed by atoms with Crippen molar-refractivity contribution in [2.24, 2.45) is 0 Å². The topological polar surface area (TPSA) is 162 Å². The molecule has 0 saturated heterocycles. The first-order valence-corrected chi connectivity index (χ1v) is 11.4. The predicted octanol–water partition coefficient (Wildman–Crippen LogP) is 4.68. The fourth-order valence-electron chi connectivity index (χ4n) is 3.10. The average Bonchev–Trinajstić information content (AvgIpc) is 2.87. The van der Waals surface area contributed by atoms with Gasteiger partial charge in [0.25, 0.3) is 11.6 Å². The molecule has 0 radical (unpaired) electrons. The zero-order chi connectivity index (χ0) is 28.0. The maximum Gasteiger partial charge on any atom is 0.349 e. The Morgan fingerprint density at radius 3 is 1.76 bits per heavy atom. The number of aliphatic carboxylic acids is 1. The van der Waals surface area contributed by atoms with Crippen LogP contribution in [0.2, 0.25) is 10.0 Å². The highest BCUT2D eigenvalue weighted by atomic mass is 35.5. The molecule has 0 saturated carbocycles. The fourth-order valence-corrected chi connectivity index (χ4v) is 3.35. The molecule has 3 rings (SSSR count). The Kier molecular flexibility index (Phi) is 9.00. The van der Waals surface area contributed by atoms with Crippen molar-refractivity contribution in [1.82, 2.24) is 0 Å². The molecule has 0 spiro atoms. The molecule has 0 heterocycles. The van der Waals surface area contributed by atoms with Crippen molar-refractivity contribution in [3.05, 3.63) is 104 Å². The number of ether oxygens (including phenoxy) is 2. The summed E-state index contributed by atoms with van der Waals surface area (Å²) in [6.45, 7) is 1.53. The maximum atomic E-state index is 13.2. The Labute approximate surface area is 225 Å². The van der Waals surface area contributed by atoms with E-state index in [0.29, 0.717) is 15.6 Å². The van der Waals surface area contributed by atoms with Crippen LogP contribution in [0.4, 0.5) is 11.4 Å². The SMILES string of the molecule is Cc1ccc([N+](=O)[O-])cc1NC(=O)[C@H](OC(=O)c1ccc(Cl)cc1)[C@H](OC(=O)c1ccc(Cl)cc1)C(=O)O. The summed E-state index contributed by atoms with van der Waals surface area (Å²) >= 11 is 11.6. The first-order chi connectivity index (χ1) is 18.0. The minimum atomic E-state index is -2.30. The van der Waals surface area contributed by atoms with Gasteiger partial charge >= 0.3 is 17.9 Å². The van der Waals surface area contributed by atoms with Crippen molar-refractivity contribution in [3.8, 4) is 0 Å².